The van der Waals surface area contributed by atoms with Crippen molar-refractivity contribution in [3.8, 4) is 17.1 Å². The van der Waals surface area contributed by atoms with Gasteiger partial charge in [0.25, 0.3) is 0 Å². The second-order valence-electron chi connectivity index (χ2n) is 6.10. The Hall–Kier alpha value is -3.25. The summed E-state index contributed by atoms with van der Waals surface area (Å²) in [5.41, 5.74) is 4.55. The lowest BCUT2D eigenvalue weighted by molar-refractivity contribution is 0.893. The minimum Gasteiger partial charge on any atom is -0.265 e. The molecule has 26 heavy (non-hydrogen) atoms. The van der Waals surface area contributed by atoms with Gasteiger partial charge in [-0.3, -0.25) is 4.40 Å². The van der Waals surface area contributed by atoms with Crippen molar-refractivity contribution >= 4 is 28.3 Å². The van der Waals surface area contributed by atoms with Crippen molar-refractivity contribution in [1.29, 1.82) is 0 Å². The summed E-state index contributed by atoms with van der Waals surface area (Å²) in [5, 5.41) is 14.7. The van der Waals surface area contributed by atoms with Gasteiger partial charge in [0.15, 0.2) is 17.1 Å². The Labute approximate surface area is 153 Å². The number of aromatic nitrogens is 6. The number of hydrogen-bond acceptors (Lipinski definition) is 4. The summed E-state index contributed by atoms with van der Waals surface area (Å²) < 4.78 is 3.68. The normalized spacial score (nSPS) is 11.5. The Morgan fingerprint density at radius 3 is 2.42 bits per heavy atom. The minimum atomic E-state index is 0.683. The summed E-state index contributed by atoms with van der Waals surface area (Å²) in [6, 6.07) is 15.7. The van der Waals surface area contributed by atoms with Crippen LogP contribution in [0.1, 0.15) is 5.56 Å². The molecule has 0 saturated carbocycles. The average molecular weight is 361 g/mol. The van der Waals surface area contributed by atoms with Crippen LogP contribution in [0.2, 0.25) is 5.02 Å². The topological polar surface area (TPSA) is 60.9 Å². The number of hydrogen-bond donors (Lipinski definition) is 0. The molecule has 0 saturated heterocycles. The Kier molecular flexibility index (Phi) is 3.26. The first-order valence-corrected chi connectivity index (χ1v) is 8.49. The maximum atomic E-state index is 5.97. The number of benzene rings is 2. The maximum Gasteiger partial charge on any atom is 0.175 e. The predicted octanol–water partition coefficient (Wildman–Crippen LogP) is 4.09. The summed E-state index contributed by atoms with van der Waals surface area (Å²) in [6.07, 6.45) is 3.51. The number of fused-ring (bicyclic) bond motifs is 3. The lowest BCUT2D eigenvalue weighted by atomic mass is 10.2. The van der Waals surface area contributed by atoms with E-state index in [0.717, 1.165) is 27.9 Å². The van der Waals surface area contributed by atoms with Gasteiger partial charge in [0.2, 0.25) is 0 Å². The Balaban J connectivity index is 1.70. The van der Waals surface area contributed by atoms with Crippen LogP contribution >= 0.6 is 11.6 Å². The zero-order chi connectivity index (χ0) is 17.7. The van der Waals surface area contributed by atoms with E-state index in [-0.39, 0.29) is 0 Å². The zero-order valence-electron chi connectivity index (χ0n) is 13.8. The van der Waals surface area contributed by atoms with Crippen molar-refractivity contribution in [2.75, 3.05) is 0 Å². The van der Waals surface area contributed by atoms with Gasteiger partial charge in [-0.2, -0.15) is 5.10 Å². The Morgan fingerprint density at radius 1 is 0.885 bits per heavy atom. The molecule has 3 aromatic heterocycles. The summed E-state index contributed by atoms with van der Waals surface area (Å²) in [7, 11) is 0. The monoisotopic (exact) mass is 360 g/mol. The third-order valence-electron chi connectivity index (χ3n) is 4.36. The first kappa shape index (κ1) is 15.0. The standard InChI is InChI=1S/C19H13ClN6/c1-12-2-8-15(9-3-12)26-18-16(10-22-26)19-24-23-17(25(19)11-21-18)13-4-6-14(20)7-5-13/h2-11H,1H3. The highest BCUT2D eigenvalue weighted by atomic mass is 35.5. The van der Waals surface area contributed by atoms with E-state index in [9.17, 15) is 0 Å². The van der Waals surface area contributed by atoms with Crippen LogP contribution in [0.3, 0.4) is 0 Å². The SMILES string of the molecule is Cc1ccc(-n2ncc3c2ncn2c(-c4ccc(Cl)cc4)nnc32)cc1. The molecule has 0 bridgehead atoms. The van der Waals surface area contributed by atoms with E-state index in [2.05, 4.69) is 39.3 Å². The van der Waals surface area contributed by atoms with Gasteiger partial charge in [0.1, 0.15) is 6.33 Å². The molecule has 0 N–H and O–H groups in total. The third-order valence-corrected chi connectivity index (χ3v) is 4.61. The molecule has 7 heteroatoms. The van der Waals surface area contributed by atoms with Crippen molar-refractivity contribution in [3.63, 3.8) is 0 Å². The van der Waals surface area contributed by atoms with Gasteiger partial charge < -0.3 is 0 Å². The average Bonchev–Trinajstić information content (AvgIpc) is 3.27. The molecule has 0 aliphatic carbocycles. The van der Waals surface area contributed by atoms with E-state index in [1.807, 2.05) is 45.5 Å². The van der Waals surface area contributed by atoms with Gasteiger partial charge in [0.05, 0.1) is 17.3 Å². The molecule has 5 rings (SSSR count). The van der Waals surface area contributed by atoms with Crippen LogP contribution in [0.25, 0.3) is 33.8 Å². The fourth-order valence-corrected chi connectivity index (χ4v) is 3.12. The molecule has 0 atom stereocenters. The van der Waals surface area contributed by atoms with Crippen LogP contribution in [0, 0.1) is 6.92 Å². The third kappa shape index (κ3) is 2.27. The molecule has 126 valence electrons. The lowest BCUT2D eigenvalue weighted by Crippen LogP contribution is -1.99. The first-order chi connectivity index (χ1) is 12.7. The number of halogens is 1. The molecular formula is C19H13ClN6. The zero-order valence-corrected chi connectivity index (χ0v) is 14.6. The molecule has 0 radical (unpaired) electrons. The second-order valence-corrected chi connectivity index (χ2v) is 6.53. The van der Waals surface area contributed by atoms with E-state index in [0.29, 0.717) is 10.8 Å². The minimum absolute atomic E-state index is 0.683. The van der Waals surface area contributed by atoms with Gasteiger partial charge in [-0.1, -0.05) is 29.3 Å². The Morgan fingerprint density at radius 2 is 1.65 bits per heavy atom. The van der Waals surface area contributed by atoms with Crippen molar-refractivity contribution < 1.29 is 0 Å². The largest absolute Gasteiger partial charge is 0.265 e. The fraction of sp³-hybridized carbons (Fsp3) is 0.0526. The summed E-state index contributed by atoms with van der Waals surface area (Å²) in [6.45, 7) is 2.06. The number of nitrogens with zero attached hydrogens (tertiary/aromatic N) is 6. The molecule has 6 nitrogen and oxygen atoms in total. The molecule has 0 aliphatic rings. The number of aryl methyl sites for hydroxylation is 1. The summed E-state index contributed by atoms with van der Waals surface area (Å²) >= 11 is 5.97. The lowest BCUT2D eigenvalue weighted by Gasteiger charge is -2.04. The van der Waals surface area contributed by atoms with Gasteiger partial charge in [0, 0.05) is 10.6 Å². The van der Waals surface area contributed by atoms with Crippen molar-refractivity contribution in [3.05, 3.63) is 71.6 Å². The molecular weight excluding hydrogens is 348 g/mol. The van der Waals surface area contributed by atoms with Gasteiger partial charge >= 0.3 is 0 Å². The molecule has 5 aromatic rings. The molecule has 0 aliphatic heterocycles. The smallest absolute Gasteiger partial charge is 0.175 e. The highest BCUT2D eigenvalue weighted by molar-refractivity contribution is 6.30. The molecule has 0 fully saturated rings. The quantitative estimate of drug-likeness (QED) is 0.475. The molecule has 2 aromatic carbocycles. The molecule has 0 amide bonds. The van der Waals surface area contributed by atoms with E-state index in [4.69, 9.17) is 11.6 Å². The fourth-order valence-electron chi connectivity index (χ4n) is 2.99. The molecule has 0 spiro atoms. The maximum absolute atomic E-state index is 5.97. The second kappa shape index (κ2) is 5.64. The van der Waals surface area contributed by atoms with Crippen molar-refractivity contribution in [1.82, 2.24) is 29.4 Å². The van der Waals surface area contributed by atoms with Crippen LogP contribution in [-0.2, 0) is 0 Å². The van der Waals surface area contributed by atoms with Crippen LogP contribution in [0.5, 0.6) is 0 Å². The van der Waals surface area contributed by atoms with Gasteiger partial charge in [-0.25, -0.2) is 9.67 Å². The Bertz CT molecular complexity index is 1140. The summed E-state index contributed by atoms with van der Waals surface area (Å²) in [4.78, 5) is 4.60. The van der Waals surface area contributed by atoms with E-state index in [1.165, 1.54) is 5.56 Å². The van der Waals surface area contributed by atoms with Crippen LogP contribution in [-0.4, -0.2) is 29.4 Å². The van der Waals surface area contributed by atoms with Crippen molar-refractivity contribution in [2.45, 2.75) is 6.92 Å². The van der Waals surface area contributed by atoms with E-state index < -0.39 is 0 Å². The first-order valence-electron chi connectivity index (χ1n) is 8.11. The van der Waals surface area contributed by atoms with Gasteiger partial charge in [-0.15, -0.1) is 10.2 Å². The van der Waals surface area contributed by atoms with E-state index >= 15 is 0 Å². The highest BCUT2D eigenvalue weighted by Crippen LogP contribution is 2.25. The van der Waals surface area contributed by atoms with Crippen LogP contribution < -0.4 is 0 Å². The summed E-state index contributed by atoms with van der Waals surface area (Å²) in [5.74, 6) is 0.717. The van der Waals surface area contributed by atoms with Crippen LogP contribution in [0.4, 0.5) is 0 Å². The van der Waals surface area contributed by atoms with Gasteiger partial charge in [-0.05, 0) is 43.3 Å². The van der Waals surface area contributed by atoms with Crippen LogP contribution in [0.15, 0.2) is 61.1 Å². The number of rotatable bonds is 2. The highest BCUT2D eigenvalue weighted by Gasteiger charge is 2.15. The predicted molar refractivity (Wildman–Crippen MR) is 101 cm³/mol. The molecule has 3 heterocycles. The molecule has 0 unspecified atom stereocenters. The van der Waals surface area contributed by atoms with E-state index in [1.54, 1.807) is 12.5 Å². The van der Waals surface area contributed by atoms with Crippen molar-refractivity contribution in [2.24, 2.45) is 0 Å².